The largest absolute Gasteiger partial charge is 0.448 e. The van der Waals surface area contributed by atoms with Gasteiger partial charge in [-0.05, 0) is 38.0 Å². The van der Waals surface area contributed by atoms with Gasteiger partial charge in [-0.15, -0.1) is 0 Å². The van der Waals surface area contributed by atoms with E-state index in [-0.39, 0.29) is 17.6 Å². The summed E-state index contributed by atoms with van der Waals surface area (Å²) in [6.07, 6.45) is -0.0985. The third-order valence-corrected chi connectivity index (χ3v) is 4.74. The number of rotatable bonds is 3. The summed E-state index contributed by atoms with van der Waals surface area (Å²) in [7, 11) is 0. The van der Waals surface area contributed by atoms with Crippen molar-refractivity contribution in [2.45, 2.75) is 32.4 Å². The second-order valence-electron chi connectivity index (χ2n) is 6.56. The fraction of sp³-hybridized carbons (Fsp3) is 0.250. The van der Waals surface area contributed by atoms with Crippen LogP contribution in [0.5, 0.6) is 0 Å². The zero-order chi connectivity index (χ0) is 18.3. The van der Waals surface area contributed by atoms with E-state index in [4.69, 9.17) is 4.74 Å². The minimum absolute atomic E-state index is 0.0345. The molecule has 0 bridgehead atoms. The Bertz CT molecular complexity index is 995. The van der Waals surface area contributed by atoms with Crippen molar-refractivity contribution >= 4 is 28.5 Å². The minimum atomic E-state index is -0.897. The van der Waals surface area contributed by atoms with E-state index in [9.17, 15) is 9.59 Å². The molecule has 0 unspecified atom stereocenters. The molecule has 2 heterocycles. The molecule has 4 rings (SSSR count). The zero-order valence-corrected chi connectivity index (χ0v) is 14.6. The fourth-order valence-corrected chi connectivity index (χ4v) is 3.48. The number of nitrogens with zero attached hydrogens (tertiary/aromatic N) is 2. The Morgan fingerprint density at radius 3 is 2.77 bits per heavy atom. The maximum absolute atomic E-state index is 12.9. The molecule has 0 spiro atoms. The number of anilines is 1. The van der Waals surface area contributed by atoms with Gasteiger partial charge in [0.25, 0.3) is 5.91 Å². The second-order valence-corrected chi connectivity index (χ2v) is 6.56. The lowest BCUT2D eigenvalue weighted by Crippen LogP contribution is -2.43. The maximum Gasteiger partial charge on any atom is 0.360 e. The van der Waals surface area contributed by atoms with Crippen LogP contribution in [-0.4, -0.2) is 34.2 Å². The van der Waals surface area contributed by atoms with E-state index >= 15 is 0 Å². The molecule has 1 N–H and O–H groups in total. The Hall–Kier alpha value is -3.15. The van der Waals surface area contributed by atoms with Crippen molar-refractivity contribution < 1.29 is 14.3 Å². The number of esters is 1. The van der Waals surface area contributed by atoms with E-state index in [2.05, 4.69) is 10.2 Å². The van der Waals surface area contributed by atoms with Crippen molar-refractivity contribution in [1.82, 2.24) is 10.2 Å². The van der Waals surface area contributed by atoms with Gasteiger partial charge in [0.05, 0.1) is 5.52 Å². The average molecular weight is 349 g/mol. The van der Waals surface area contributed by atoms with Gasteiger partial charge < -0.3 is 9.64 Å². The van der Waals surface area contributed by atoms with Crippen LogP contribution >= 0.6 is 0 Å². The molecule has 0 saturated carbocycles. The van der Waals surface area contributed by atoms with Crippen molar-refractivity contribution in [1.29, 1.82) is 0 Å². The molecule has 0 aliphatic carbocycles. The van der Waals surface area contributed by atoms with Gasteiger partial charge in [-0.25, -0.2) is 4.79 Å². The van der Waals surface area contributed by atoms with Crippen LogP contribution in [0, 0.1) is 0 Å². The van der Waals surface area contributed by atoms with E-state index in [1.54, 1.807) is 17.9 Å². The molecular weight excluding hydrogens is 330 g/mol. The number of fused-ring (bicyclic) bond motifs is 2. The van der Waals surface area contributed by atoms with Crippen molar-refractivity contribution in [2.75, 3.05) is 4.90 Å². The summed E-state index contributed by atoms with van der Waals surface area (Å²) in [4.78, 5) is 27.1. The van der Waals surface area contributed by atoms with Gasteiger partial charge in [-0.3, -0.25) is 9.89 Å². The summed E-state index contributed by atoms with van der Waals surface area (Å²) in [5, 5.41) is 7.51. The van der Waals surface area contributed by atoms with Gasteiger partial charge in [-0.1, -0.05) is 36.4 Å². The quantitative estimate of drug-likeness (QED) is 0.737. The van der Waals surface area contributed by atoms with E-state index in [1.165, 1.54) is 0 Å². The molecule has 26 heavy (non-hydrogen) atoms. The molecule has 0 fully saturated rings. The summed E-state index contributed by atoms with van der Waals surface area (Å²) in [5.74, 6) is -0.834. The molecule has 0 radical (unpaired) electrons. The van der Waals surface area contributed by atoms with Crippen molar-refractivity contribution in [3.8, 4) is 0 Å². The Kier molecular flexibility index (Phi) is 3.95. The first kappa shape index (κ1) is 16.3. The van der Waals surface area contributed by atoms with Crippen molar-refractivity contribution in [3.05, 3.63) is 59.8 Å². The number of benzene rings is 2. The normalized spacial score (nSPS) is 17.2. The van der Waals surface area contributed by atoms with E-state index in [1.807, 2.05) is 49.4 Å². The smallest absolute Gasteiger partial charge is 0.360 e. The number of hydrogen-bond acceptors (Lipinski definition) is 4. The van der Waals surface area contributed by atoms with Crippen LogP contribution in [0.3, 0.4) is 0 Å². The van der Waals surface area contributed by atoms with Gasteiger partial charge in [0.15, 0.2) is 11.8 Å². The first-order valence-corrected chi connectivity index (χ1v) is 8.61. The third kappa shape index (κ3) is 2.63. The number of nitrogens with one attached hydrogen (secondary N) is 1. The molecule has 132 valence electrons. The van der Waals surface area contributed by atoms with Crippen molar-refractivity contribution in [2.24, 2.45) is 0 Å². The number of carbonyl (C=O) groups is 2. The van der Waals surface area contributed by atoms with E-state index in [0.29, 0.717) is 5.39 Å². The molecule has 6 nitrogen and oxygen atoms in total. The highest BCUT2D eigenvalue weighted by Crippen LogP contribution is 2.32. The Labute approximate surface area is 150 Å². The number of hydrogen-bond donors (Lipinski definition) is 1. The first-order valence-electron chi connectivity index (χ1n) is 8.61. The molecule has 1 aliphatic rings. The Morgan fingerprint density at radius 2 is 1.92 bits per heavy atom. The molecule has 1 amide bonds. The minimum Gasteiger partial charge on any atom is -0.448 e. The molecule has 1 aliphatic heterocycles. The SMILES string of the molecule is C[C@@H]1Cc2ccccc2N1C(=O)[C@@H](C)OC(=O)c1n[nH]c2ccccc12. The monoisotopic (exact) mass is 349 g/mol. The van der Waals surface area contributed by atoms with Crippen LogP contribution in [-0.2, 0) is 16.0 Å². The number of carbonyl (C=O) groups excluding carboxylic acids is 2. The number of H-pyrrole nitrogens is 1. The highest BCUT2D eigenvalue weighted by atomic mass is 16.5. The molecule has 3 aromatic rings. The number of amides is 1. The van der Waals surface area contributed by atoms with Gasteiger partial charge in [-0.2, -0.15) is 5.10 Å². The predicted octanol–water partition coefficient (Wildman–Crippen LogP) is 3.09. The van der Waals surface area contributed by atoms with E-state index in [0.717, 1.165) is 23.2 Å². The Morgan fingerprint density at radius 1 is 1.19 bits per heavy atom. The van der Waals surface area contributed by atoms with Gasteiger partial charge in [0.1, 0.15) is 0 Å². The summed E-state index contributed by atoms with van der Waals surface area (Å²) in [5.41, 5.74) is 2.96. The Balaban J connectivity index is 1.54. The van der Waals surface area contributed by atoms with Crippen LogP contribution < -0.4 is 4.90 Å². The predicted molar refractivity (Wildman–Crippen MR) is 98.1 cm³/mol. The number of aromatic nitrogens is 2. The number of para-hydroxylation sites is 2. The summed E-state index contributed by atoms with van der Waals surface area (Å²) >= 11 is 0. The topological polar surface area (TPSA) is 75.3 Å². The van der Waals surface area contributed by atoms with Crippen LogP contribution in [0.15, 0.2) is 48.5 Å². The van der Waals surface area contributed by atoms with Gasteiger partial charge in [0.2, 0.25) is 0 Å². The van der Waals surface area contributed by atoms with Crippen LogP contribution in [0.4, 0.5) is 5.69 Å². The molecule has 1 aromatic heterocycles. The molecular formula is C20H19N3O3. The first-order chi connectivity index (χ1) is 12.6. The third-order valence-electron chi connectivity index (χ3n) is 4.74. The standard InChI is InChI=1S/C20H19N3O3/c1-12-11-14-7-3-6-10-17(14)23(12)19(24)13(2)26-20(25)18-15-8-4-5-9-16(15)21-22-18/h3-10,12-13H,11H2,1-2H3,(H,21,22)/t12-,13-/m1/s1. The maximum atomic E-state index is 12.9. The molecule has 2 aromatic carbocycles. The fourth-order valence-electron chi connectivity index (χ4n) is 3.48. The van der Waals surface area contributed by atoms with Crippen LogP contribution in [0.1, 0.15) is 29.9 Å². The zero-order valence-electron chi connectivity index (χ0n) is 14.6. The van der Waals surface area contributed by atoms with Crippen LogP contribution in [0.25, 0.3) is 10.9 Å². The van der Waals surface area contributed by atoms with Gasteiger partial charge >= 0.3 is 5.97 Å². The van der Waals surface area contributed by atoms with E-state index < -0.39 is 12.1 Å². The molecule has 0 saturated heterocycles. The summed E-state index contributed by atoms with van der Waals surface area (Å²) in [6, 6.07) is 15.2. The highest BCUT2D eigenvalue weighted by molar-refractivity contribution is 6.04. The molecule has 6 heteroatoms. The van der Waals surface area contributed by atoms with Crippen LogP contribution in [0.2, 0.25) is 0 Å². The summed E-state index contributed by atoms with van der Waals surface area (Å²) < 4.78 is 5.43. The number of ether oxygens (including phenoxy) is 1. The lowest BCUT2D eigenvalue weighted by atomic mass is 10.1. The average Bonchev–Trinajstić information content (AvgIpc) is 3.21. The number of aromatic amines is 1. The highest BCUT2D eigenvalue weighted by Gasteiger charge is 2.34. The second kappa shape index (κ2) is 6.29. The van der Waals surface area contributed by atoms with Crippen molar-refractivity contribution in [3.63, 3.8) is 0 Å². The lowest BCUT2D eigenvalue weighted by molar-refractivity contribution is -0.126. The molecule has 2 atom stereocenters. The van der Waals surface area contributed by atoms with Gasteiger partial charge in [0, 0.05) is 17.1 Å². The lowest BCUT2D eigenvalue weighted by Gasteiger charge is -2.25. The summed E-state index contributed by atoms with van der Waals surface area (Å²) in [6.45, 7) is 3.59.